The molecule has 0 fully saturated rings. The summed E-state index contributed by atoms with van der Waals surface area (Å²) < 4.78 is 0. The zero-order valence-electron chi connectivity index (χ0n) is 7.73. The number of nitriles is 1. The third-order valence-electron chi connectivity index (χ3n) is 2.42. The molecule has 0 atom stereocenters. The Labute approximate surface area is 82.6 Å². The highest BCUT2D eigenvalue weighted by atomic mass is 16.2. The summed E-state index contributed by atoms with van der Waals surface area (Å²) in [6, 6.07) is 9.76. The number of anilines is 1. The SMILES string of the molecule is N#CCN1C(=O)CCc2ccccc21. The first kappa shape index (κ1) is 8.76. The van der Waals surface area contributed by atoms with Gasteiger partial charge in [0.05, 0.1) is 6.07 Å². The number of hydrogen-bond donors (Lipinski definition) is 0. The number of para-hydroxylation sites is 1. The average molecular weight is 186 g/mol. The molecular weight excluding hydrogens is 176 g/mol. The summed E-state index contributed by atoms with van der Waals surface area (Å²) in [4.78, 5) is 13.1. The van der Waals surface area contributed by atoms with Gasteiger partial charge >= 0.3 is 0 Å². The number of amides is 1. The first-order valence-corrected chi connectivity index (χ1v) is 4.58. The molecule has 0 radical (unpaired) electrons. The van der Waals surface area contributed by atoms with Crippen molar-refractivity contribution in [2.45, 2.75) is 12.8 Å². The number of aryl methyl sites for hydroxylation is 1. The van der Waals surface area contributed by atoms with Crippen LogP contribution in [0.2, 0.25) is 0 Å². The molecule has 3 nitrogen and oxygen atoms in total. The Kier molecular flexibility index (Phi) is 2.19. The fraction of sp³-hybridized carbons (Fsp3) is 0.273. The molecule has 70 valence electrons. The van der Waals surface area contributed by atoms with E-state index in [1.165, 1.54) is 0 Å². The van der Waals surface area contributed by atoms with E-state index in [-0.39, 0.29) is 12.5 Å². The largest absolute Gasteiger partial charge is 0.298 e. The molecule has 1 aliphatic rings. The Morgan fingerprint density at radius 2 is 2.14 bits per heavy atom. The molecule has 1 heterocycles. The van der Waals surface area contributed by atoms with E-state index >= 15 is 0 Å². The summed E-state index contributed by atoms with van der Waals surface area (Å²) in [6.07, 6.45) is 1.30. The normalized spacial score (nSPS) is 14.8. The van der Waals surface area contributed by atoms with Crippen LogP contribution in [0.1, 0.15) is 12.0 Å². The molecule has 0 spiro atoms. The summed E-state index contributed by atoms with van der Waals surface area (Å²) in [6.45, 7) is 0.149. The zero-order valence-corrected chi connectivity index (χ0v) is 7.73. The van der Waals surface area contributed by atoms with Crippen LogP contribution in [0.3, 0.4) is 0 Å². The molecule has 0 saturated heterocycles. The molecular formula is C11H10N2O. The van der Waals surface area contributed by atoms with Crippen LogP contribution in [0.5, 0.6) is 0 Å². The number of hydrogen-bond acceptors (Lipinski definition) is 2. The molecule has 14 heavy (non-hydrogen) atoms. The highest BCUT2D eigenvalue weighted by Gasteiger charge is 2.22. The van der Waals surface area contributed by atoms with E-state index in [2.05, 4.69) is 0 Å². The van der Waals surface area contributed by atoms with E-state index in [1.807, 2.05) is 30.3 Å². The van der Waals surface area contributed by atoms with E-state index in [1.54, 1.807) is 4.90 Å². The Balaban J connectivity index is 2.42. The monoisotopic (exact) mass is 186 g/mol. The Morgan fingerprint density at radius 3 is 2.93 bits per heavy atom. The van der Waals surface area contributed by atoms with Gasteiger partial charge in [0.1, 0.15) is 6.54 Å². The third-order valence-corrected chi connectivity index (χ3v) is 2.42. The van der Waals surface area contributed by atoms with E-state index in [4.69, 9.17) is 5.26 Å². The fourth-order valence-corrected chi connectivity index (χ4v) is 1.74. The van der Waals surface area contributed by atoms with Crippen LogP contribution >= 0.6 is 0 Å². The average Bonchev–Trinajstić information content (AvgIpc) is 2.23. The van der Waals surface area contributed by atoms with Gasteiger partial charge in [-0.25, -0.2) is 0 Å². The fourth-order valence-electron chi connectivity index (χ4n) is 1.74. The molecule has 3 heteroatoms. The van der Waals surface area contributed by atoms with Crippen molar-refractivity contribution >= 4 is 11.6 Å². The Hall–Kier alpha value is -1.82. The second-order valence-electron chi connectivity index (χ2n) is 3.27. The quantitative estimate of drug-likeness (QED) is 0.624. The van der Waals surface area contributed by atoms with Crippen molar-refractivity contribution in [1.29, 1.82) is 5.26 Å². The number of carbonyl (C=O) groups is 1. The third kappa shape index (κ3) is 1.35. The van der Waals surface area contributed by atoms with Crippen molar-refractivity contribution in [3.8, 4) is 6.07 Å². The Morgan fingerprint density at radius 1 is 1.36 bits per heavy atom. The molecule has 0 unspecified atom stereocenters. The number of rotatable bonds is 1. The van der Waals surface area contributed by atoms with E-state index in [9.17, 15) is 4.79 Å². The van der Waals surface area contributed by atoms with Gasteiger partial charge in [0, 0.05) is 12.1 Å². The molecule has 0 aliphatic carbocycles. The maximum atomic E-state index is 11.5. The van der Waals surface area contributed by atoms with Crippen molar-refractivity contribution in [3.63, 3.8) is 0 Å². The minimum Gasteiger partial charge on any atom is -0.298 e. The lowest BCUT2D eigenvalue weighted by Gasteiger charge is -2.26. The van der Waals surface area contributed by atoms with Crippen molar-refractivity contribution < 1.29 is 4.79 Å². The van der Waals surface area contributed by atoms with Crippen molar-refractivity contribution in [3.05, 3.63) is 29.8 Å². The van der Waals surface area contributed by atoms with Gasteiger partial charge in [0.15, 0.2) is 0 Å². The van der Waals surface area contributed by atoms with Crippen LogP contribution in [-0.2, 0) is 11.2 Å². The van der Waals surface area contributed by atoms with E-state index in [0.717, 1.165) is 17.7 Å². The van der Waals surface area contributed by atoms with Crippen LogP contribution in [0.15, 0.2) is 24.3 Å². The van der Waals surface area contributed by atoms with Crippen molar-refractivity contribution in [1.82, 2.24) is 0 Å². The standard InChI is InChI=1S/C11H10N2O/c12-7-8-13-10-4-2-1-3-9(10)5-6-11(13)14/h1-4H,5-6,8H2. The minimum atomic E-state index is 0.0465. The lowest BCUT2D eigenvalue weighted by Crippen LogP contribution is -2.35. The van der Waals surface area contributed by atoms with Crippen molar-refractivity contribution in [2.75, 3.05) is 11.4 Å². The molecule has 1 aromatic rings. The van der Waals surface area contributed by atoms with Gasteiger partial charge in [-0.3, -0.25) is 9.69 Å². The molecule has 2 rings (SSSR count). The van der Waals surface area contributed by atoms with Gasteiger partial charge in [-0.1, -0.05) is 18.2 Å². The molecule has 1 aromatic carbocycles. The summed E-state index contributed by atoms with van der Waals surface area (Å²) in [5.74, 6) is 0.0465. The molecule has 1 amide bonds. The highest BCUT2D eigenvalue weighted by molar-refractivity contribution is 5.96. The van der Waals surface area contributed by atoms with Crippen LogP contribution in [0, 0.1) is 11.3 Å². The highest BCUT2D eigenvalue weighted by Crippen LogP contribution is 2.26. The molecule has 0 saturated carbocycles. The van der Waals surface area contributed by atoms with Crippen molar-refractivity contribution in [2.24, 2.45) is 0 Å². The van der Waals surface area contributed by atoms with E-state index < -0.39 is 0 Å². The summed E-state index contributed by atoms with van der Waals surface area (Å²) in [5, 5.41) is 8.62. The number of carbonyl (C=O) groups excluding carboxylic acids is 1. The summed E-state index contributed by atoms with van der Waals surface area (Å²) >= 11 is 0. The van der Waals surface area contributed by atoms with E-state index in [0.29, 0.717) is 6.42 Å². The molecule has 0 N–H and O–H groups in total. The lowest BCUT2D eigenvalue weighted by molar-refractivity contribution is -0.118. The zero-order chi connectivity index (χ0) is 9.97. The Bertz CT molecular complexity index is 406. The smallest absolute Gasteiger partial charge is 0.228 e. The van der Waals surface area contributed by atoms with Gasteiger partial charge in [0.2, 0.25) is 5.91 Å². The first-order valence-electron chi connectivity index (χ1n) is 4.58. The maximum Gasteiger partial charge on any atom is 0.228 e. The maximum absolute atomic E-state index is 11.5. The van der Waals surface area contributed by atoms with Crippen LogP contribution in [0.25, 0.3) is 0 Å². The van der Waals surface area contributed by atoms with Crippen LogP contribution in [0.4, 0.5) is 5.69 Å². The second-order valence-corrected chi connectivity index (χ2v) is 3.27. The number of benzene rings is 1. The summed E-state index contributed by atoms with van der Waals surface area (Å²) in [5.41, 5.74) is 2.05. The summed E-state index contributed by atoms with van der Waals surface area (Å²) in [7, 11) is 0. The lowest BCUT2D eigenvalue weighted by atomic mass is 10.0. The van der Waals surface area contributed by atoms with Gasteiger partial charge in [-0.2, -0.15) is 5.26 Å². The minimum absolute atomic E-state index is 0.0465. The predicted octanol–water partition coefficient (Wildman–Crippen LogP) is 1.49. The van der Waals surface area contributed by atoms with Gasteiger partial charge < -0.3 is 0 Å². The van der Waals surface area contributed by atoms with Crippen LogP contribution in [-0.4, -0.2) is 12.5 Å². The van der Waals surface area contributed by atoms with Gasteiger partial charge in [0.25, 0.3) is 0 Å². The molecule has 0 bridgehead atoms. The predicted molar refractivity (Wildman–Crippen MR) is 52.7 cm³/mol. The van der Waals surface area contributed by atoms with Gasteiger partial charge in [-0.15, -0.1) is 0 Å². The number of nitrogens with zero attached hydrogens (tertiary/aromatic N) is 2. The van der Waals surface area contributed by atoms with Crippen LogP contribution < -0.4 is 4.90 Å². The topological polar surface area (TPSA) is 44.1 Å². The number of fused-ring (bicyclic) bond motifs is 1. The first-order chi connectivity index (χ1) is 6.83. The molecule has 1 aliphatic heterocycles. The molecule has 0 aromatic heterocycles. The second kappa shape index (κ2) is 3.51. The van der Waals surface area contributed by atoms with Gasteiger partial charge in [-0.05, 0) is 18.1 Å².